The molecule has 9 heteroatoms. The summed E-state index contributed by atoms with van der Waals surface area (Å²) >= 11 is 11.9. The van der Waals surface area contributed by atoms with E-state index in [1.54, 1.807) is 28.9 Å². The molecule has 0 saturated carbocycles. The molecule has 0 atom stereocenters. The Morgan fingerprint density at radius 2 is 2.04 bits per heavy atom. The largest absolute Gasteiger partial charge is 0.322 e. The Kier molecular flexibility index (Phi) is 4.78. The highest BCUT2D eigenvalue weighted by atomic mass is 35.5. The van der Waals surface area contributed by atoms with Gasteiger partial charge in [0, 0.05) is 30.2 Å². The van der Waals surface area contributed by atoms with Gasteiger partial charge in [0.15, 0.2) is 5.65 Å². The van der Waals surface area contributed by atoms with Crippen LogP contribution < -0.4 is 5.32 Å². The zero-order valence-electron chi connectivity index (χ0n) is 15.1. The van der Waals surface area contributed by atoms with Gasteiger partial charge in [-0.1, -0.05) is 23.2 Å². The fraction of sp³-hybridized carbons (Fsp3) is 0.158. The molecule has 0 fully saturated rings. The van der Waals surface area contributed by atoms with Crippen LogP contribution >= 0.6 is 23.2 Å². The number of aromatic nitrogens is 5. The van der Waals surface area contributed by atoms with Crippen molar-refractivity contribution in [3.8, 4) is 11.3 Å². The van der Waals surface area contributed by atoms with Crippen LogP contribution in [0.4, 0.5) is 5.69 Å². The molecule has 3 aromatic heterocycles. The van der Waals surface area contributed by atoms with Gasteiger partial charge in [-0.15, -0.1) is 0 Å². The number of hydrogen-bond acceptors (Lipinski definition) is 4. The number of aryl methyl sites for hydroxylation is 2. The number of benzene rings is 1. The first kappa shape index (κ1) is 18.5. The molecule has 0 saturated heterocycles. The van der Waals surface area contributed by atoms with E-state index in [4.69, 9.17) is 23.2 Å². The van der Waals surface area contributed by atoms with Gasteiger partial charge in [0.2, 0.25) is 0 Å². The highest BCUT2D eigenvalue weighted by molar-refractivity contribution is 6.42. The van der Waals surface area contributed by atoms with Crippen molar-refractivity contribution in [1.29, 1.82) is 0 Å². The fourth-order valence-corrected chi connectivity index (χ4v) is 3.26. The van der Waals surface area contributed by atoms with Gasteiger partial charge < -0.3 is 5.32 Å². The summed E-state index contributed by atoms with van der Waals surface area (Å²) in [5, 5.41) is 12.4. The van der Waals surface area contributed by atoms with Crippen molar-refractivity contribution in [2.24, 2.45) is 0 Å². The molecule has 0 aliphatic heterocycles. The van der Waals surface area contributed by atoms with Crippen LogP contribution in [-0.4, -0.2) is 30.3 Å². The molecule has 0 spiro atoms. The van der Waals surface area contributed by atoms with Gasteiger partial charge in [-0.3, -0.25) is 9.48 Å². The first-order valence-corrected chi connectivity index (χ1v) is 9.37. The third-order valence-electron chi connectivity index (χ3n) is 4.37. The molecule has 0 aliphatic carbocycles. The molecule has 1 N–H and O–H groups in total. The topological polar surface area (TPSA) is 77.1 Å². The number of carbonyl (C=O) groups excluding carboxylic acids is 1. The lowest BCUT2D eigenvalue weighted by atomic mass is 10.2. The van der Waals surface area contributed by atoms with Crippen molar-refractivity contribution < 1.29 is 4.79 Å². The van der Waals surface area contributed by atoms with Crippen LogP contribution in [0.25, 0.3) is 16.9 Å². The average Bonchev–Trinajstić information content (AvgIpc) is 3.28. The van der Waals surface area contributed by atoms with Crippen LogP contribution in [0.5, 0.6) is 0 Å². The van der Waals surface area contributed by atoms with Gasteiger partial charge in [0.25, 0.3) is 5.91 Å². The summed E-state index contributed by atoms with van der Waals surface area (Å²) in [6.07, 6.45) is 5.12. The minimum Gasteiger partial charge on any atom is -0.322 e. The van der Waals surface area contributed by atoms with E-state index in [2.05, 4.69) is 20.5 Å². The lowest BCUT2D eigenvalue weighted by molar-refractivity contribution is 0.102. The van der Waals surface area contributed by atoms with Gasteiger partial charge in [-0.2, -0.15) is 10.2 Å². The maximum Gasteiger partial charge on any atom is 0.261 e. The van der Waals surface area contributed by atoms with E-state index in [0.717, 1.165) is 23.5 Å². The third kappa shape index (κ3) is 3.23. The molecule has 28 heavy (non-hydrogen) atoms. The molecule has 1 aromatic carbocycles. The van der Waals surface area contributed by atoms with Crippen molar-refractivity contribution >= 4 is 40.4 Å². The molecular weight excluding hydrogens is 399 g/mol. The molecule has 4 aromatic rings. The quantitative estimate of drug-likeness (QED) is 0.533. The lowest BCUT2D eigenvalue weighted by Crippen LogP contribution is -2.12. The number of fused-ring (bicyclic) bond motifs is 1. The third-order valence-corrected chi connectivity index (χ3v) is 5.11. The average molecular weight is 415 g/mol. The summed E-state index contributed by atoms with van der Waals surface area (Å²) < 4.78 is 3.51. The standard InChI is InChI=1S/C19H16Cl2N6O/c1-3-26-10-14(11(2)25-26)17-6-7-22-18-13(9-23-27(17)18)19(28)24-12-4-5-15(20)16(21)8-12/h4-10H,3H2,1-2H3,(H,24,28). The molecule has 7 nitrogen and oxygen atoms in total. The second-order valence-corrected chi connectivity index (χ2v) is 7.01. The monoisotopic (exact) mass is 414 g/mol. The number of anilines is 1. The zero-order chi connectivity index (χ0) is 19.8. The number of nitrogens with one attached hydrogen (secondary N) is 1. The van der Waals surface area contributed by atoms with Crippen LogP contribution in [-0.2, 0) is 6.54 Å². The molecule has 0 unspecified atom stereocenters. The molecule has 0 aliphatic rings. The smallest absolute Gasteiger partial charge is 0.261 e. The van der Waals surface area contributed by atoms with E-state index >= 15 is 0 Å². The second kappa shape index (κ2) is 7.26. The Labute approximate surface area is 170 Å². The van der Waals surface area contributed by atoms with Crippen LogP contribution in [0, 0.1) is 6.92 Å². The number of hydrogen-bond donors (Lipinski definition) is 1. The molecule has 0 bridgehead atoms. The Morgan fingerprint density at radius 1 is 1.21 bits per heavy atom. The SMILES string of the molecule is CCn1cc(-c2ccnc3c(C(=O)Nc4ccc(Cl)c(Cl)c4)cnn23)c(C)n1. The maximum atomic E-state index is 12.8. The van der Waals surface area contributed by atoms with Crippen molar-refractivity contribution in [3.63, 3.8) is 0 Å². The molecular formula is C19H16Cl2N6O. The molecule has 3 heterocycles. The Morgan fingerprint density at radius 3 is 2.75 bits per heavy atom. The summed E-state index contributed by atoms with van der Waals surface area (Å²) in [6, 6.07) is 6.75. The Balaban J connectivity index is 1.72. The van der Waals surface area contributed by atoms with Crippen molar-refractivity contribution in [1.82, 2.24) is 24.4 Å². The van der Waals surface area contributed by atoms with Gasteiger partial charge in [-0.05, 0) is 38.1 Å². The summed E-state index contributed by atoms with van der Waals surface area (Å²) in [5.41, 5.74) is 3.98. The Hall–Kier alpha value is -2.90. The van der Waals surface area contributed by atoms with Crippen LogP contribution in [0.1, 0.15) is 23.0 Å². The number of nitrogens with zero attached hydrogens (tertiary/aromatic N) is 5. The minimum absolute atomic E-state index is 0.334. The second-order valence-electron chi connectivity index (χ2n) is 6.19. The first-order valence-electron chi connectivity index (χ1n) is 8.61. The van der Waals surface area contributed by atoms with E-state index in [1.165, 1.54) is 6.20 Å². The predicted octanol–water partition coefficient (Wildman–Crippen LogP) is 4.48. The highest BCUT2D eigenvalue weighted by Gasteiger charge is 2.18. The number of carbonyl (C=O) groups is 1. The number of rotatable bonds is 4. The van der Waals surface area contributed by atoms with Crippen molar-refractivity contribution in [2.45, 2.75) is 20.4 Å². The van der Waals surface area contributed by atoms with Crippen molar-refractivity contribution in [3.05, 3.63) is 64.2 Å². The predicted molar refractivity (Wildman–Crippen MR) is 109 cm³/mol. The lowest BCUT2D eigenvalue weighted by Gasteiger charge is -2.06. The van der Waals surface area contributed by atoms with Gasteiger partial charge in [-0.25, -0.2) is 9.50 Å². The van der Waals surface area contributed by atoms with E-state index in [9.17, 15) is 4.79 Å². The minimum atomic E-state index is -0.334. The van der Waals surface area contributed by atoms with Crippen LogP contribution in [0.15, 0.2) is 42.9 Å². The van der Waals surface area contributed by atoms with E-state index < -0.39 is 0 Å². The summed E-state index contributed by atoms with van der Waals surface area (Å²) in [7, 11) is 0. The fourth-order valence-electron chi connectivity index (χ4n) is 2.96. The maximum absolute atomic E-state index is 12.8. The summed E-state index contributed by atoms with van der Waals surface area (Å²) in [5.74, 6) is -0.334. The first-order chi connectivity index (χ1) is 13.5. The van der Waals surface area contributed by atoms with Crippen molar-refractivity contribution in [2.75, 3.05) is 5.32 Å². The number of halogens is 2. The molecule has 1 amide bonds. The summed E-state index contributed by atoms with van der Waals surface area (Å²) in [4.78, 5) is 17.1. The normalized spacial score (nSPS) is 11.1. The van der Waals surface area contributed by atoms with Gasteiger partial charge in [0.1, 0.15) is 5.56 Å². The van der Waals surface area contributed by atoms with E-state index in [1.807, 2.05) is 30.8 Å². The van der Waals surface area contributed by atoms with E-state index in [0.29, 0.717) is 26.9 Å². The molecule has 4 rings (SSSR count). The molecule has 142 valence electrons. The Bertz CT molecular complexity index is 1200. The highest BCUT2D eigenvalue weighted by Crippen LogP contribution is 2.26. The van der Waals surface area contributed by atoms with Crippen LogP contribution in [0.3, 0.4) is 0 Å². The molecule has 0 radical (unpaired) electrons. The van der Waals surface area contributed by atoms with Crippen LogP contribution in [0.2, 0.25) is 10.0 Å². The zero-order valence-corrected chi connectivity index (χ0v) is 16.7. The van der Waals surface area contributed by atoms with Gasteiger partial charge in [0.05, 0.1) is 27.6 Å². The summed E-state index contributed by atoms with van der Waals surface area (Å²) in [6.45, 7) is 4.73. The van der Waals surface area contributed by atoms with Gasteiger partial charge >= 0.3 is 0 Å². The van der Waals surface area contributed by atoms with E-state index in [-0.39, 0.29) is 5.91 Å². The number of amides is 1.